The van der Waals surface area contributed by atoms with Crippen LogP contribution in [0.25, 0.3) is 0 Å². The molecule has 1 N–H and O–H groups in total. The van der Waals surface area contributed by atoms with Crippen LogP contribution in [0.2, 0.25) is 0 Å². The standard InChI is InChI=1S/C6H12O5S.K.H/c1-2-6(7)11-4-3-5-12(8,9)10;;/h2-5H2,1H3,(H,8,9,10);;. The van der Waals surface area contributed by atoms with Gasteiger partial charge in [-0.3, -0.25) is 9.35 Å². The van der Waals surface area contributed by atoms with Gasteiger partial charge in [-0.1, -0.05) is 6.92 Å². The van der Waals surface area contributed by atoms with Crippen LogP contribution >= 0.6 is 0 Å². The molecule has 5 nitrogen and oxygen atoms in total. The van der Waals surface area contributed by atoms with Crippen molar-refractivity contribution in [1.82, 2.24) is 0 Å². The number of hydrogen-bond acceptors (Lipinski definition) is 4. The summed E-state index contributed by atoms with van der Waals surface area (Å²) in [5, 5.41) is 0. The van der Waals surface area contributed by atoms with Crippen molar-refractivity contribution >= 4 is 67.5 Å². The van der Waals surface area contributed by atoms with Crippen molar-refractivity contribution in [3.63, 3.8) is 0 Å². The summed E-state index contributed by atoms with van der Waals surface area (Å²) in [5.74, 6) is -0.741. The molecule has 0 aromatic rings. The number of ether oxygens (including phenoxy) is 1. The summed E-state index contributed by atoms with van der Waals surface area (Å²) in [4.78, 5) is 10.5. The summed E-state index contributed by atoms with van der Waals surface area (Å²) < 4.78 is 33.2. The third kappa shape index (κ3) is 13.0. The fourth-order valence-corrected chi connectivity index (χ4v) is 1.01. The molecule has 0 amide bonds. The second-order valence-corrected chi connectivity index (χ2v) is 3.79. The maximum absolute atomic E-state index is 10.5. The molecule has 0 aliphatic heterocycles. The summed E-state index contributed by atoms with van der Waals surface area (Å²) in [6.07, 6.45) is 0.399. The van der Waals surface area contributed by atoms with Gasteiger partial charge in [-0.05, 0) is 6.42 Å². The van der Waals surface area contributed by atoms with Crippen molar-refractivity contribution < 1.29 is 22.5 Å². The molecule has 0 rings (SSSR count). The van der Waals surface area contributed by atoms with E-state index in [2.05, 4.69) is 4.74 Å². The van der Waals surface area contributed by atoms with Crippen LogP contribution in [-0.4, -0.2) is 82.7 Å². The number of carbonyl (C=O) groups is 1. The molecule has 0 aliphatic carbocycles. The molecular formula is C6H13KO5S. The summed E-state index contributed by atoms with van der Waals surface area (Å²) >= 11 is 0. The summed E-state index contributed by atoms with van der Waals surface area (Å²) in [5.41, 5.74) is 0. The molecule has 0 spiro atoms. The Morgan fingerprint density at radius 3 is 2.38 bits per heavy atom. The van der Waals surface area contributed by atoms with Gasteiger partial charge in [-0.2, -0.15) is 8.42 Å². The van der Waals surface area contributed by atoms with E-state index < -0.39 is 10.1 Å². The zero-order chi connectivity index (χ0) is 9.61. The topological polar surface area (TPSA) is 80.7 Å². The van der Waals surface area contributed by atoms with E-state index in [0.29, 0.717) is 0 Å². The number of hydrogen-bond donors (Lipinski definition) is 1. The molecule has 7 heteroatoms. The minimum atomic E-state index is -3.92. The Kier molecular flexibility index (Phi) is 10.5. The van der Waals surface area contributed by atoms with Gasteiger partial charge in [0.1, 0.15) is 0 Å². The molecular weight excluding hydrogens is 223 g/mol. The molecule has 0 radical (unpaired) electrons. The third-order valence-electron chi connectivity index (χ3n) is 1.10. The first-order chi connectivity index (χ1) is 5.45. The van der Waals surface area contributed by atoms with Crippen molar-refractivity contribution in [3.8, 4) is 0 Å². The molecule has 0 unspecified atom stereocenters. The SMILES string of the molecule is CCC(=O)OCCCS(=O)(=O)O.[KH]. The van der Waals surface area contributed by atoms with E-state index in [1.54, 1.807) is 6.92 Å². The summed E-state index contributed by atoms with van der Waals surface area (Å²) in [6, 6.07) is 0. The average molecular weight is 236 g/mol. The van der Waals surface area contributed by atoms with E-state index in [4.69, 9.17) is 4.55 Å². The maximum atomic E-state index is 10.5. The van der Waals surface area contributed by atoms with E-state index in [-0.39, 0.29) is 82.6 Å². The fourth-order valence-electron chi connectivity index (χ4n) is 0.529. The van der Waals surface area contributed by atoms with E-state index in [1.165, 1.54) is 0 Å². The quantitative estimate of drug-likeness (QED) is 0.303. The Balaban J connectivity index is 0. The molecule has 0 saturated carbocycles. The zero-order valence-electron chi connectivity index (χ0n) is 6.82. The predicted octanol–water partition coefficient (Wildman–Crippen LogP) is -0.431. The van der Waals surface area contributed by atoms with Crippen LogP contribution in [0.4, 0.5) is 0 Å². The van der Waals surface area contributed by atoms with Crippen molar-refractivity contribution in [1.29, 1.82) is 0 Å². The van der Waals surface area contributed by atoms with Crippen molar-refractivity contribution in [2.75, 3.05) is 12.4 Å². The van der Waals surface area contributed by atoms with Gasteiger partial charge in [-0.25, -0.2) is 0 Å². The fraction of sp³-hybridized carbons (Fsp3) is 0.833. The average Bonchev–Trinajstić information content (AvgIpc) is 1.96. The van der Waals surface area contributed by atoms with Gasteiger partial charge in [-0.15, -0.1) is 0 Å². The molecule has 0 heterocycles. The first-order valence-electron chi connectivity index (χ1n) is 3.56. The molecule has 0 atom stereocenters. The Morgan fingerprint density at radius 1 is 1.46 bits per heavy atom. The Bertz CT molecular complexity index is 235. The van der Waals surface area contributed by atoms with Crippen LogP contribution in [0.1, 0.15) is 19.8 Å². The molecule has 13 heavy (non-hydrogen) atoms. The number of esters is 1. The monoisotopic (exact) mass is 236 g/mol. The van der Waals surface area contributed by atoms with Gasteiger partial charge in [0.05, 0.1) is 12.4 Å². The first-order valence-corrected chi connectivity index (χ1v) is 5.17. The van der Waals surface area contributed by atoms with E-state index in [1.807, 2.05) is 0 Å². The van der Waals surface area contributed by atoms with Gasteiger partial charge in [0.15, 0.2) is 0 Å². The minimum absolute atomic E-state index is 0. The van der Waals surface area contributed by atoms with Gasteiger partial charge in [0.2, 0.25) is 0 Å². The molecule has 0 fully saturated rings. The third-order valence-corrected chi connectivity index (χ3v) is 1.90. The van der Waals surface area contributed by atoms with E-state index >= 15 is 0 Å². The van der Waals surface area contributed by atoms with Crippen LogP contribution in [0.15, 0.2) is 0 Å². The van der Waals surface area contributed by atoms with Crippen molar-refractivity contribution in [3.05, 3.63) is 0 Å². The second-order valence-electron chi connectivity index (χ2n) is 2.21. The molecule has 0 aromatic carbocycles. The first kappa shape index (κ1) is 16.4. The van der Waals surface area contributed by atoms with Gasteiger partial charge in [0.25, 0.3) is 10.1 Å². The van der Waals surface area contributed by atoms with Crippen LogP contribution in [-0.2, 0) is 19.6 Å². The number of carbonyl (C=O) groups excluding carboxylic acids is 1. The normalized spacial score (nSPS) is 10.3. The van der Waals surface area contributed by atoms with Crippen LogP contribution in [0, 0.1) is 0 Å². The Hall–Kier alpha value is 1.02. The van der Waals surface area contributed by atoms with Gasteiger partial charge < -0.3 is 4.74 Å². The van der Waals surface area contributed by atoms with Gasteiger partial charge >= 0.3 is 57.4 Å². The van der Waals surface area contributed by atoms with Crippen LogP contribution in [0.5, 0.6) is 0 Å². The van der Waals surface area contributed by atoms with Crippen molar-refractivity contribution in [2.24, 2.45) is 0 Å². The Morgan fingerprint density at radius 2 is 2.00 bits per heavy atom. The zero-order valence-corrected chi connectivity index (χ0v) is 7.63. The summed E-state index contributed by atoms with van der Waals surface area (Å²) in [6.45, 7) is 1.68. The van der Waals surface area contributed by atoms with E-state index in [0.717, 1.165) is 0 Å². The molecule has 0 aromatic heterocycles. The molecule has 0 saturated heterocycles. The molecule has 0 aliphatic rings. The molecule has 0 bridgehead atoms. The van der Waals surface area contributed by atoms with Crippen LogP contribution < -0.4 is 0 Å². The van der Waals surface area contributed by atoms with E-state index in [9.17, 15) is 13.2 Å². The Labute approximate surface area is 120 Å². The summed E-state index contributed by atoms with van der Waals surface area (Å²) in [7, 11) is -3.92. The predicted molar refractivity (Wildman–Crippen MR) is 49.4 cm³/mol. The van der Waals surface area contributed by atoms with Gasteiger partial charge in [0, 0.05) is 6.42 Å². The number of rotatable bonds is 5. The molecule has 74 valence electrons. The van der Waals surface area contributed by atoms with Crippen molar-refractivity contribution in [2.45, 2.75) is 19.8 Å². The second kappa shape index (κ2) is 8.34. The van der Waals surface area contributed by atoms with Crippen LogP contribution in [0.3, 0.4) is 0 Å².